The summed E-state index contributed by atoms with van der Waals surface area (Å²) >= 11 is 7.95. The van der Waals surface area contributed by atoms with Crippen LogP contribution in [0.4, 0.5) is 0 Å². The molecule has 0 saturated carbocycles. The zero-order valence-electron chi connectivity index (χ0n) is 16.4. The molecule has 30 heavy (non-hydrogen) atoms. The number of hydrogen-bond acceptors (Lipinski definition) is 4. The predicted octanol–water partition coefficient (Wildman–Crippen LogP) is 4.64. The molecule has 1 aromatic heterocycles. The molecule has 6 heteroatoms. The molecule has 0 spiro atoms. The first kappa shape index (κ1) is 20.3. The minimum atomic E-state index is -3.55. The first-order valence-corrected chi connectivity index (χ1v) is 12.8. The van der Waals surface area contributed by atoms with E-state index in [0.29, 0.717) is 12.1 Å². The zero-order chi connectivity index (χ0) is 21.1. The molecule has 0 aliphatic carbocycles. The van der Waals surface area contributed by atoms with Gasteiger partial charge in [0.05, 0.1) is 0 Å². The van der Waals surface area contributed by atoms with E-state index < -0.39 is 11.9 Å². The summed E-state index contributed by atoms with van der Waals surface area (Å²) in [5.41, 5.74) is 0.128. The number of carbonyl (C=O) groups is 1. The van der Waals surface area contributed by atoms with Crippen LogP contribution < -0.4 is 15.9 Å². The van der Waals surface area contributed by atoms with Crippen molar-refractivity contribution in [2.45, 2.75) is 6.16 Å². The van der Waals surface area contributed by atoms with Crippen LogP contribution in [0.1, 0.15) is 16.4 Å². The van der Waals surface area contributed by atoms with E-state index in [1.807, 2.05) is 54.6 Å². The van der Waals surface area contributed by atoms with Crippen LogP contribution in [0.5, 0.6) is 0 Å². The number of hydrogen-bond donors (Lipinski definition) is 0. The quantitative estimate of drug-likeness (QED) is 0.325. The number of benzene rings is 3. The molecule has 0 radical (unpaired) electrons. The zero-order valence-corrected chi connectivity index (χ0v) is 18.1. The molecular formula is C24H21ClNO3P. The minimum absolute atomic E-state index is 0.128. The van der Waals surface area contributed by atoms with Gasteiger partial charge in [-0.25, -0.2) is 0 Å². The van der Waals surface area contributed by atoms with E-state index in [1.54, 1.807) is 0 Å². The van der Waals surface area contributed by atoms with Gasteiger partial charge in [-0.1, -0.05) is 0 Å². The summed E-state index contributed by atoms with van der Waals surface area (Å²) in [6.07, 6.45) is 1.64. The fourth-order valence-electron chi connectivity index (χ4n) is 3.77. The van der Waals surface area contributed by atoms with Crippen LogP contribution in [0.15, 0.2) is 102 Å². The number of methoxy groups -OCH3 is 1. The molecule has 4 rings (SSSR count). The molecule has 3 aromatic carbocycles. The number of esters is 1. The van der Waals surface area contributed by atoms with Crippen molar-refractivity contribution < 1.29 is 13.9 Å². The second-order valence-electron chi connectivity index (χ2n) is 6.97. The van der Waals surface area contributed by atoms with Crippen molar-refractivity contribution in [1.29, 1.82) is 0 Å². The number of ether oxygens (including phenoxy) is 1. The average Bonchev–Trinajstić information content (AvgIpc) is 3.28. The number of rotatable bonds is 6. The maximum atomic E-state index is 11.9. The molecule has 4 nitrogen and oxygen atoms in total. The molecule has 0 saturated heterocycles. The van der Waals surface area contributed by atoms with Crippen molar-refractivity contribution in [1.82, 2.24) is 4.98 Å². The fourth-order valence-corrected chi connectivity index (χ4v) is 9.57. The molecule has 0 fully saturated rings. The van der Waals surface area contributed by atoms with Gasteiger partial charge in [-0.05, 0) is 0 Å². The van der Waals surface area contributed by atoms with E-state index in [-0.39, 0.29) is 5.69 Å². The van der Waals surface area contributed by atoms with Crippen LogP contribution in [0.25, 0.3) is 0 Å². The van der Waals surface area contributed by atoms with Gasteiger partial charge < -0.3 is 0 Å². The van der Waals surface area contributed by atoms with Crippen molar-refractivity contribution in [2.75, 3.05) is 7.11 Å². The Labute approximate surface area is 180 Å². The van der Waals surface area contributed by atoms with Crippen molar-refractivity contribution in [3.63, 3.8) is 0 Å². The molecule has 0 atom stereocenters. The average molecular weight is 438 g/mol. The fraction of sp³-hybridized carbons (Fsp3) is 0.0833. The first-order valence-electron chi connectivity index (χ1n) is 9.48. The molecule has 1 heterocycles. The third kappa shape index (κ3) is 3.32. The third-order valence-electron chi connectivity index (χ3n) is 5.26. The summed E-state index contributed by atoms with van der Waals surface area (Å²) in [6, 6.07) is 30.1. The van der Waals surface area contributed by atoms with E-state index in [1.165, 1.54) is 13.4 Å². The van der Waals surface area contributed by atoms with E-state index in [2.05, 4.69) is 41.4 Å². The molecule has 152 valence electrons. The molecule has 0 bridgehead atoms. The Hall–Kier alpha value is -2.94. The summed E-state index contributed by atoms with van der Waals surface area (Å²) in [5, 5.41) is 3.00. The van der Waals surface area contributed by atoms with Gasteiger partial charge in [0.15, 0.2) is 0 Å². The van der Waals surface area contributed by atoms with E-state index in [0.717, 1.165) is 15.9 Å². The van der Waals surface area contributed by atoms with Crippen molar-refractivity contribution in [3.8, 4) is 0 Å². The first-order chi connectivity index (χ1) is 14.6. The molecule has 4 aromatic rings. The van der Waals surface area contributed by atoms with Gasteiger partial charge in [0.1, 0.15) is 0 Å². The Balaban J connectivity index is 2.01. The Kier molecular flexibility index (Phi) is 5.46. The second-order valence-corrected chi connectivity index (χ2v) is 13.4. The summed E-state index contributed by atoms with van der Waals surface area (Å²) < 4.78 is 10.5. The molecule has 0 unspecified atom stereocenters. The molecule has 0 N–H and O–H groups in total. The monoisotopic (exact) mass is 437 g/mol. The van der Waals surface area contributed by atoms with E-state index in [4.69, 9.17) is 20.4 Å². The van der Waals surface area contributed by atoms with Gasteiger partial charge in [-0.2, -0.15) is 0 Å². The Morgan fingerprint density at radius 2 is 1.30 bits per heavy atom. The van der Waals surface area contributed by atoms with Gasteiger partial charge in [-0.15, -0.1) is 0 Å². The standard InChI is InChI=1S/C24H21ClNO3P/c1-28-24(27)22-17-29-23(26-22)18-30(25,19-11-5-2-6-12-19,20-13-7-3-8-14-20)21-15-9-4-10-16-21/h2-17H,18H2,1H3. The molecular weight excluding hydrogens is 417 g/mol. The van der Waals surface area contributed by atoms with Gasteiger partial charge in [0, 0.05) is 0 Å². The molecule has 0 amide bonds. The van der Waals surface area contributed by atoms with Crippen molar-refractivity contribution in [3.05, 3.63) is 109 Å². The van der Waals surface area contributed by atoms with Crippen LogP contribution in [-0.4, -0.2) is 18.1 Å². The normalized spacial score (nSPS) is 12.7. The van der Waals surface area contributed by atoms with Gasteiger partial charge in [0.25, 0.3) is 0 Å². The number of nitrogens with zero attached hydrogens (tertiary/aromatic N) is 1. The topological polar surface area (TPSA) is 52.3 Å². The van der Waals surface area contributed by atoms with Crippen LogP contribution in [0, 0.1) is 0 Å². The number of oxazole rings is 1. The predicted molar refractivity (Wildman–Crippen MR) is 123 cm³/mol. The SMILES string of the molecule is COC(=O)c1coc(CP(Cl)(c2ccccc2)(c2ccccc2)c2ccccc2)n1. The summed E-state index contributed by atoms with van der Waals surface area (Å²) in [6.45, 7) is 0. The molecule has 0 aliphatic rings. The molecule has 0 aliphatic heterocycles. The summed E-state index contributed by atoms with van der Waals surface area (Å²) in [7, 11) is 1.32. The van der Waals surface area contributed by atoms with Gasteiger partial charge in [-0.3, -0.25) is 0 Å². The second kappa shape index (κ2) is 8.06. The Morgan fingerprint density at radius 3 is 1.70 bits per heavy atom. The summed E-state index contributed by atoms with van der Waals surface area (Å²) in [4.78, 5) is 16.3. The number of carbonyl (C=O) groups excluding carboxylic acids is 1. The van der Waals surface area contributed by atoms with E-state index >= 15 is 0 Å². The summed E-state index contributed by atoms with van der Waals surface area (Å²) in [5.74, 6) is -3.70. The number of halogens is 1. The van der Waals surface area contributed by atoms with Gasteiger partial charge in [0.2, 0.25) is 0 Å². The van der Waals surface area contributed by atoms with E-state index in [9.17, 15) is 4.79 Å². The van der Waals surface area contributed by atoms with Gasteiger partial charge >= 0.3 is 180 Å². The van der Waals surface area contributed by atoms with Crippen molar-refractivity contribution in [2.24, 2.45) is 0 Å². The van der Waals surface area contributed by atoms with Crippen LogP contribution in [-0.2, 0) is 10.9 Å². The Morgan fingerprint density at radius 1 is 0.867 bits per heavy atom. The van der Waals surface area contributed by atoms with Crippen molar-refractivity contribution >= 4 is 39.1 Å². The Bertz CT molecular complexity index is 1050. The van der Waals surface area contributed by atoms with Crippen LogP contribution in [0.2, 0.25) is 0 Å². The third-order valence-corrected chi connectivity index (χ3v) is 12.4. The maximum absolute atomic E-state index is 11.9. The van der Waals surface area contributed by atoms with Crippen LogP contribution in [0.3, 0.4) is 0 Å². The number of aromatic nitrogens is 1. The van der Waals surface area contributed by atoms with Crippen LogP contribution >= 0.6 is 17.2 Å².